The van der Waals surface area contributed by atoms with Gasteiger partial charge >= 0.3 is 11.9 Å². The monoisotopic (exact) mass is 416 g/mol. The Balaban J connectivity index is 4.95. The molecule has 0 bridgehead atoms. The zero-order valence-corrected chi connectivity index (χ0v) is 17.2. The highest BCUT2D eigenvalue weighted by molar-refractivity contribution is 5.93. The summed E-state index contributed by atoms with van der Waals surface area (Å²) in [6, 6.07) is -3.38. The van der Waals surface area contributed by atoms with Crippen molar-refractivity contribution >= 4 is 29.7 Å². The van der Waals surface area contributed by atoms with Crippen molar-refractivity contribution in [3.63, 3.8) is 0 Å². The van der Waals surface area contributed by atoms with Crippen LogP contribution in [0.5, 0.6) is 0 Å². The van der Waals surface area contributed by atoms with E-state index in [0.717, 1.165) is 0 Å². The number of carboxylic acids is 2. The maximum atomic E-state index is 12.6. The van der Waals surface area contributed by atoms with Crippen molar-refractivity contribution in [2.24, 2.45) is 17.6 Å². The van der Waals surface area contributed by atoms with Gasteiger partial charge in [0.15, 0.2) is 0 Å². The van der Waals surface area contributed by atoms with Gasteiger partial charge in [-0.1, -0.05) is 34.1 Å². The lowest BCUT2D eigenvalue weighted by Crippen LogP contribution is -2.56. The molecule has 0 saturated carbocycles. The minimum absolute atomic E-state index is 0.0401. The quantitative estimate of drug-likeness (QED) is 0.221. The average Bonchev–Trinajstić information content (AvgIpc) is 2.61. The molecule has 0 aromatic rings. The Labute approximate surface area is 169 Å². The lowest BCUT2D eigenvalue weighted by atomic mass is 9.97. The van der Waals surface area contributed by atoms with Crippen LogP contribution in [0, 0.1) is 11.8 Å². The fourth-order valence-corrected chi connectivity index (χ4v) is 2.46. The van der Waals surface area contributed by atoms with Crippen molar-refractivity contribution in [2.45, 2.75) is 65.1 Å². The maximum Gasteiger partial charge on any atom is 0.326 e. The van der Waals surface area contributed by atoms with Crippen molar-refractivity contribution in [1.82, 2.24) is 16.0 Å². The molecule has 0 rings (SSSR count). The fraction of sp³-hybridized carbons (Fsp3) is 0.722. The molecular formula is C18H32N4O7. The van der Waals surface area contributed by atoms with Gasteiger partial charge in [-0.05, 0) is 18.3 Å². The lowest BCUT2D eigenvalue weighted by molar-refractivity contribution is -0.143. The van der Waals surface area contributed by atoms with Crippen molar-refractivity contribution in [2.75, 3.05) is 6.54 Å². The first-order valence-corrected chi connectivity index (χ1v) is 9.46. The Morgan fingerprint density at radius 3 is 2.00 bits per heavy atom. The zero-order valence-electron chi connectivity index (χ0n) is 17.2. The number of amides is 3. The Kier molecular flexibility index (Phi) is 11.5. The van der Waals surface area contributed by atoms with Crippen LogP contribution in [-0.2, 0) is 24.0 Å². The highest BCUT2D eigenvalue weighted by atomic mass is 16.4. The van der Waals surface area contributed by atoms with Gasteiger partial charge in [-0.2, -0.15) is 0 Å². The summed E-state index contributed by atoms with van der Waals surface area (Å²) in [4.78, 5) is 58.3. The molecule has 0 aliphatic heterocycles. The molecule has 0 spiro atoms. The van der Waals surface area contributed by atoms with Gasteiger partial charge in [-0.3, -0.25) is 19.2 Å². The third-order valence-electron chi connectivity index (χ3n) is 4.29. The average molecular weight is 416 g/mol. The van der Waals surface area contributed by atoms with Gasteiger partial charge in [0.1, 0.15) is 12.1 Å². The highest BCUT2D eigenvalue weighted by Crippen LogP contribution is 2.10. The summed E-state index contributed by atoms with van der Waals surface area (Å²) in [5, 5.41) is 25.0. The molecule has 0 aromatic carbocycles. The number of hydrogen-bond acceptors (Lipinski definition) is 6. The van der Waals surface area contributed by atoms with E-state index >= 15 is 0 Å². The number of rotatable bonds is 13. The Morgan fingerprint density at radius 2 is 1.55 bits per heavy atom. The minimum atomic E-state index is -1.30. The standard InChI is InChI=1S/C18H32N4O7/c1-5-10(4)15(17(27)21-12(18(28)29)6-9(2)3)22-13(23)8-20-16(26)11(19)7-14(24)25/h9-12,15H,5-8,19H2,1-4H3,(H,20,26)(H,21,27)(H,22,23)(H,24,25)(H,28,29). The van der Waals surface area contributed by atoms with E-state index in [1.807, 2.05) is 20.8 Å². The van der Waals surface area contributed by atoms with E-state index in [9.17, 15) is 29.1 Å². The number of carboxylic acid groups (broad SMARTS) is 2. The van der Waals surface area contributed by atoms with Crippen LogP contribution in [-0.4, -0.2) is 64.5 Å². The third-order valence-corrected chi connectivity index (χ3v) is 4.29. The molecule has 0 fully saturated rings. The van der Waals surface area contributed by atoms with Gasteiger partial charge in [0.2, 0.25) is 17.7 Å². The third kappa shape index (κ3) is 10.4. The topological polar surface area (TPSA) is 188 Å². The second-order valence-electron chi connectivity index (χ2n) is 7.38. The maximum absolute atomic E-state index is 12.6. The van der Waals surface area contributed by atoms with Gasteiger partial charge in [-0.25, -0.2) is 4.79 Å². The summed E-state index contributed by atoms with van der Waals surface area (Å²) < 4.78 is 0. The van der Waals surface area contributed by atoms with E-state index in [2.05, 4.69) is 16.0 Å². The molecule has 4 unspecified atom stereocenters. The predicted molar refractivity (Wildman–Crippen MR) is 104 cm³/mol. The minimum Gasteiger partial charge on any atom is -0.481 e. The molecule has 0 saturated heterocycles. The molecule has 0 aliphatic rings. The van der Waals surface area contributed by atoms with Gasteiger partial charge in [0, 0.05) is 0 Å². The summed E-state index contributed by atoms with van der Waals surface area (Å²) in [6.07, 6.45) is 0.188. The van der Waals surface area contributed by atoms with E-state index in [-0.39, 0.29) is 18.3 Å². The molecule has 29 heavy (non-hydrogen) atoms. The molecule has 3 amide bonds. The van der Waals surface area contributed by atoms with E-state index in [4.69, 9.17) is 10.8 Å². The Hall–Kier alpha value is -2.69. The molecule has 0 radical (unpaired) electrons. The van der Waals surface area contributed by atoms with Crippen LogP contribution in [0.25, 0.3) is 0 Å². The van der Waals surface area contributed by atoms with Crippen molar-refractivity contribution in [3.05, 3.63) is 0 Å². The number of carbonyl (C=O) groups excluding carboxylic acids is 3. The van der Waals surface area contributed by atoms with Crippen LogP contribution < -0.4 is 21.7 Å². The van der Waals surface area contributed by atoms with Gasteiger partial charge in [-0.15, -0.1) is 0 Å². The van der Waals surface area contributed by atoms with Gasteiger partial charge in [0.25, 0.3) is 0 Å². The Bertz CT molecular complexity index is 609. The molecule has 4 atom stereocenters. The molecule has 11 nitrogen and oxygen atoms in total. The second kappa shape index (κ2) is 12.7. The molecule has 0 aromatic heterocycles. The van der Waals surface area contributed by atoms with E-state index < -0.39 is 60.8 Å². The van der Waals surface area contributed by atoms with E-state index in [0.29, 0.717) is 6.42 Å². The Morgan fingerprint density at radius 1 is 0.966 bits per heavy atom. The first-order valence-electron chi connectivity index (χ1n) is 9.46. The molecular weight excluding hydrogens is 384 g/mol. The summed E-state index contributed by atoms with van der Waals surface area (Å²) in [5.74, 6) is -4.79. The number of nitrogens with two attached hydrogens (primary N) is 1. The van der Waals surface area contributed by atoms with Gasteiger partial charge < -0.3 is 31.9 Å². The molecule has 0 aliphatic carbocycles. The molecule has 7 N–H and O–H groups in total. The molecule has 0 heterocycles. The van der Waals surface area contributed by atoms with Crippen LogP contribution in [0.2, 0.25) is 0 Å². The van der Waals surface area contributed by atoms with Crippen LogP contribution >= 0.6 is 0 Å². The smallest absolute Gasteiger partial charge is 0.326 e. The fourth-order valence-electron chi connectivity index (χ4n) is 2.46. The number of carbonyl (C=O) groups is 5. The first-order chi connectivity index (χ1) is 13.4. The molecule has 166 valence electrons. The van der Waals surface area contributed by atoms with E-state index in [1.165, 1.54) is 0 Å². The van der Waals surface area contributed by atoms with Crippen molar-refractivity contribution in [1.29, 1.82) is 0 Å². The van der Waals surface area contributed by atoms with Crippen molar-refractivity contribution < 1.29 is 34.2 Å². The van der Waals surface area contributed by atoms with Crippen LogP contribution in [0.4, 0.5) is 0 Å². The number of aliphatic carboxylic acids is 2. The first kappa shape index (κ1) is 26.3. The highest BCUT2D eigenvalue weighted by Gasteiger charge is 2.30. The predicted octanol–water partition coefficient (Wildman–Crippen LogP) is -0.949. The second-order valence-corrected chi connectivity index (χ2v) is 7.38. The summed E-state index contributed by atoms with van der Waals surface area (Å²) in [7, 11) is 0. The van der Waals surface area contributed by atoms with Crippen molar-refractivity contribution in [3.8, 4) is 0 Å². The lowest BCUT2D eigenvalue weighted by Gasteiger charge is -2.26. The largest absolute Gasteiger partial charge is 0.481 e. The van der Waals surface area contributed by atoms with Crippen LogP contribution in [0.3, 0.4) is 0 Å². The summed E-state index contributed by atoms with van der Waals surface area (Å²) >= 11 is 0. The van der Waals surface area contributed by atoms with Gasteiger partial charge in [0.05, 0.1) is 19.0 Å². The van der Waals surface area contributed by atoms with E-state index in [1.54, 1.807) is 6.92 Å². The van der Waals surface area contributed by atoms with Crippen LogP contribution in [0.15, 0.2) is 0 Å². The zero-order chi connectivity index (χ0) is 22.7. The summed E-state index contributed by atoms with van der Waals surface area (Å²) in [6.45, 7) is 6.69. The number of hydrogen-bond donors (Lipinski definition) is 6. The molecule has 11 heteroatoms. The number of nitrogens with one attached hydrogen (secondary N) is 3. The normalized spacial score (nSPS) is 15.0. The van der Waals surface area contributed by atoms with Crippen LogP contribution in [0.1, 0.15) is 47.0 Å². The SMILES string of the molecule is CCC(C)C(NC(=O)CNC(=O)C(N)CC(=O)O)C(=O)NC(CC(C)C)C(=O)O. The summed E-state index contributed by atoms with van der Waals surface area (Å²) in [5.41, 5.74) is 5.40.